The number of rotatable bonds is 8. The third-order valence-electron chi connectivity index (χ3n) is 2.28. The Hall–Kier alpha value is -1.13. The van der Waals surface area contributed by atoms with Crippen LogP contribution < -0.4 is 10.5 Å². The van der Waals surface area contributed by atoms with Gasteiger partial charge in [-0.15, -0.1) is 0 Å². The van der Waals surface area contributed by atoms with Crippen molar-refractivity contribution in [1.82, 2.24) is 4.98 Å². The molecule has 0 amide bonds. The van der Waals surface area contributed by atoms with Gasteiger partial charge in [-0.1, -0.05) is 13.8 Å². The van der Waals surface area contributed by atoms with Gasteiger partial charge in [0.05, 0.1) is 12.8 Å². The number of aromatic nitrogens is 1. The Morgan fingerprint density at radius 3 is 2.56 bits per heavy atom. The molecule has 0 saturated heterocycles. The van der Waals surface area contributed by atoms with Gasteiger partial charge in [-0.2, -0.15) is 0 Å². The average molecular weight is 252 g/mol. The predicted molar refractivity (Wildman–Crippen MR) is 72.7 cm³/mol. The molecule has 0 fully saturated rings. The second kappa shape index (κ2) is 8.06. The van der Waals surface area contributed by atoms with Crippen LogP contribution in [0.1, 0.15) is 26.5 Å². The van der Waals surface area contributed by atoms with Crippen molar-refractivity contribution in [2.45, 2.75) is 33.2 Å². The highest BCUT2D eigenvalue weighted by atomic mass is 16.5. The Morgan fingerprint density at radius 2 is 2.00 bits per heavy atom. The van der Waals surface area contributed by atoms with E-state index in [9.17, 15) is 0 Å². The van der Waals surface area contributed by atoms with Crippen molar-refractivity contribution in [2.75, 3.05) is 19.8 Å². The van der Waals surface area contributed by atoms with Crippen LogP contribution in [0.3, 0.4) is 0 Å². The highest BCUT2D eigenvalue weighted by molar-refractivity contribution is 5.20. The molecular weight excluding hydrogens is 228 g/mol. The molecule has 0 aromatic carbocycles. The van der Waals surface area contributed by atoms with Gasteiger partial charge in [0.1, 0.15) is 12.4 Å². The first-order valence-electron chi connectivity index (χ1n) is 6.49. The first-order chi connectivity index (χ1) is 8.58. The Bertz CT molecular complexity index is 323. The lowest BCUT2D eigenvalue weighted by Gasteiger charge is -2.09. The fourth-order valence-corrected chi connectivity index (χ4v) is 1.48. The summed E-state index contributed by atoms with van der Waals surface area (Å²) >= 11 is 0. The Kier molecular flexibility index (Phi) is 6.68. The monoisotopic (exact) mass is 252 g/mol. The van der Waals surface area contributed by atoms with E-state index in [1.807, 2.05) is 19.1 Å². The van der Waals surface area contributed by atoms with Crippen LogP contribution in [0.5, 0.6) is 5.75 Å². The maximum absolute atomic E-state index is 5.71. The molecule has 0 spiro atoms. The molecule has 1 unspecified atom stereocenters. The summed E-state index contributed by atoms with van der Waals surface area (Å²) in [7, 11) is 0. The minimum absolute atomic E-state index is 0.133. The van der Waals surface area contributed by atoms with Gasteiger partial charge in [0.15, 0.2) is 0 Å². The first-order valence-corrected chi connectivity index (χ1v) is 6.49. The molecule has 2 N–H and O–H groups in total. The van der Waals surface area contributed by atoms with E-state index in [2.05, 4.69) is 18.8 Å². The van der Waals surface area contributed by atoms with Crippen molar-refractivity contribution in [3.63, 3.8) is 0 Å². The lowest BCUT2D eigenvalue weighted by atomic mass is 10.2. The zero-order chi connectivity index (χ0) is 13.4. The maximum atomic E-state index is 5.71. The lowest BCUT2D eigenvalue weighted by Crippen LogP contribution is -2.18. The summed E-state index contributed by atoms with van der Waals surface area (Å²) in [5, 5.41) is 0. The van der Waals surface area contributed by atoms with Crippen LogP contribution in [0.4, 0.5) is 0 Å². The minimum atomic E-state index is 0.133. The third kappa shape index (κ3) is 6.57. The van der Waals surface area contributed by atoms with E-state index in [0.29, 0.717) is 19.1 Å². The van der Waals surface area contributed by atoms with Gasteiger partial charge in [0.2, 0.25) is 0 Å². The quantitative estimate of drug-likeness (QED) is 0.719. The summed E-state index contributed by atoms with van der Waals surface area (Å²) in [5.74, 6) is 1.33. The molecule has 0 bridgehead atoms. The standard InChI is InChI=1S/C14H24N2O2/c1-11(2)10-17-6-7-18-14-5-4-13(16-9-14)8-12(3)15/h4-5,9,11-12H,6-8,10,15H2,1-3H3. The smallest absolute Gasteiger partial charge is 0.137 e. The number of nitrogens with zero attached hydrogens (tertiary/aromatic N) is 1. The maximum Gasteiger partial charge on any atom is 0.137 e. The zero-order valence-corrected chi connectivity index (χ0v) is 11.6. The van der Waals surface area contributed by atoms with Crippen molar-refractivity contribution in [3.8, 4) is 5.75 Å². The minimum Gasteiger partial charge on any atom is -0.490 e. The Balaban J connectivity index is 2.22. The van der Waals surface area contributed by atoms with E-state index >= 15 is 0 Å². The van der Waals surface area contributed by atoms with Crippen molar-refractivity contribution in [2.24, 2.45) is 11.7 Å². The fraction of sp³-hybridized carbons (Fsp3) is 0.643. The molecule has 1 aromatic heterocycles. The largest absolute Gasteiger partial charge is 0.490 e. The molecule has 102 valence electrons. The van der Waals surface area contributed by atoms with E-state index in [1.165, 1.54) is 0 Å². The van der Waals surface area contributed by atoms with Crippen molar-refractivity contribution in [3.05, 3.63) is 24.0 Å². The van der Waals surface area contributed by atoms with Crippen LogP contribution in [0.2, 0.25) is 0 Å². The zero-order valence-electron chi connectivity index (χ0n) is 11.6. The molecule has 1 rings (SSSR count). The van der Waals surface area contributed by atoms with Crippen molar-refractivity contribution < 1.29 is 9.47 Å². The molecule has 1 aromatic rings. The second-order valence-electron chi connectivity index (χ2n) is 4.98. The van der Waals surface area contributed by atoms with Crippen LogP contribution in [0.15, 0.2) is 18.3 Å². The van der Waals surface area contributed by atoms with Gasteiger partial charge < -0.3 is 15.2 Å². The summed E-state index contributed by atoms with van der Waals surface area (Å²) in [6.45, 7) is 8.16. The normalized spacial score (nSPS) is 12.7. The molecule has 0 aliphatic rings. The highest BCUT2D eigenvalue weighted by Gasteiger charge is 2.00. The van der Waals surface area contributed by atoms with Crippen molar-refractivity contribution >= 4 is 0 Å². The summed E-state index contributed by atoms with van der Waals surface area (Å²) in [5.41, 5.74) is 6.71. The molecule has 18 heavy (non-hydrogen) atoms. The summed E-state index contributed by atoms with van der Waals surface area (Å²) in [6.07, 6.45) is 2.53. The van der Waals surface area contributed by atoms with E-state index in [-0.39, 0.29) is 6.04 Å². The SMILES string of the molecule is CC(C)COCCOc1ccc(CC(C)N)nc1. The van der Waals surface area contributed by atoms with Gasteiger partial charge in [-0.3, -0.25) is 4.98 Å². The molecule has 4 nitrogen and oxygen atoms in total. The molecule has 4 heteroatoms. The van der Waals surface area contributed by atoms with Crippen LogP contribution in [0.25, 0.3) is 0 Å². The molecule has 0 aliphatic carbocycles. The molecule has 1 atom stereocenters. The Labute approximate surface area is 110 Å². The van der Waals surface area contributed by atoms with Gasteiger partial charge in [0.25, 0.3) is 0 Å². The van der Waals surface area contributed by atoms with Crippen molar-refractivity contribution in [1.29, 1.82) is 0 Å². The first kappa shape index (κ1) is 14.9. The topological polar surface area (TPSA) is 57.4 Å². The number of nitrogens with two attached hydrogens (primary N) is 1. The highest BCUT2D eigenvalue weighted by Crippen LogP contribution is 2.10. The van der Waals surface area contributed by atoms with E-state index in [4.69, 9.17) is 15.2 Å². The summed E-state index contributed by atoms with van der Waals surface area (Å²) in [4.78, 5) is 4.30. The van der Waals surface area contributed by atoms with Crippen LogP contribution >= 0.6 is 0 Å². The van der Waals surface area contributed by atoms with Gasteiger partial charge in [-0.25, -0.2) is 0 Å². The fourth-order valence-electron chi connectivity index (χ4n) is 1.48. The Morgan fingerprint density at radius 1 is 1.22 bits per heavy atom. The molecule has 1 heterocycles. The van der Waals surface area contributed by atoms with E-state index in [1.54, 1.807) is 6.20 Å². The molecule has 0 aliphatic heterocycles. The van der Waals surface area contributed by atoms with Gasteiger partial charge in [0, 0.05) is 24.8 Å². The summed E-state index contributed by atoms with van der Waals surface area (Å²) < 4.78 is 11.0. The number of ether oxygens (including phenoxy) is 2. The summed E-state index contributed by atoms with van der Waals surface area (Å²) in [6, 6.07) is 4.01. The second-order valence-corrected chi connectivity index (χ2v) is 4.98. The van der Waals surface area contributed by atoms with Crippen LogP contribution in [0, 0.1) is 5.92 Å². The van der Waals surface area contributed by atoms with Gasteiger partial charge in [-0.05, 0) is 25.0 Å². The van der Waals surface area contributed by atoms with Gasteiger partial charge >= 0.3 is 0 Å². The van der Waals surface area contributed by atoms with E-state index in [0.717, 1.165) is 24.5 Å². The number of pyridine rings is 1. The average Bonchev–Trinajstić information content (AvgIpc) is 2.30. The van der Waals surface area contributed by atoms with E-state index < -0.39 is 0 Å². The number of hydrogen-bond acceptors (Lipinski definition) is 4. The predicted octanol–water partition coefficient (Wildman–Crippen LogP) is 2.02. The lowest BCUT2D eigenvalue weighted by molar-refractivity contribution is 0.0818. The molecular formula is C14H24N2O2. The molecule has 0 radical (unpaired) electrons. The van der Waals surface area contributed by atoms with Crippen LogP contribution in [-0.2, 0) is 11.2 Å². The van der Waals surface area contributed by atoms with Crippen LogP contribution in [-0.4, -0.2) is 30.8 Å². The molecule has 0 saturated carbocycles. The third-order valence-corrected chi connectivity index (χ3v) is 2.28. The number of hydrogen-bond donors (Lipinski definition) is 1.